The topological polar surface area (TPSA) is 22.1 Å². The minimum Gasteiger partial charge on any atom is -0.477 e. The molecule has 0 unspecified atom stereocenters. The van der Waals surface area contributed by atoms with Crippen molar-refractivity contribution < 1.29 is 4.74 Å². The summed E-state index contributed by atoms with van der Waals surface area (Å²) in [7, 11) is 0. The van der Waals surface area contributed by atoms with Crippen LogP contribution in [-0.2, 0) is 0 Å². The lowest BCUT2D eigenvalue weighted by Gasteiger charge is -2.21. The van der Waals surface area contributed by atoms with E-state index < -0.39 is 0 Å². The van der Waals surface area contributed by atoms with Gasteiger partial charge >= 0.3 is 0 Å². The molecule has 2 rings (SSSR count). The second-order valence-electron chi connectivity index (χ2n) is 4.13. The maximum atomic E-state index is 5.74. The van der Waals surface area contributed by atoms with Gasteiger partial charge in [-0.3, -0.25) is 0 Å². The van der Waals surface area contributed by atoms with E-state index in [0.29, 0.717) is 10.9 Å². The molecule has 15 heavy (non-hydrogen) atoms. The van der Waals surface area contributed by atoms with E-state index in [1.807, 2.05) is 12.1 Å². The van der Waals surface area contributed by atoms with Gasteiger partial charge in [-0.25, -0.2) is 4.98 Å². The van der Waals surface area contributed by atoms with E-state index in [1.165, 1.54) is 32.1 Å². The summed E-state index contributed by atoms with van der Waals surface area (Å²) >= 11 is 5.74. The fourth-order valence-corrected chi connectivity index (χ4v) is 2.12. The smallest absolute Gasteiger partial charge is 0.213 e. The Morgan fingerprint density at radius 1 is 1.27 bits per heavy atom. The summed E-state index contributed by atoms with van der Waals surface area (Å²) in [6, 6.07) is 3.63. The molecule has 1 aromatic rings. The standard InChI is InChI=1S/C12H16ClNO/c13-11-6-7-12(14-8-11)15-9-10-4-2-1-3-5-10/h6-8,10H,1-5,9H2. The zero-order valence-electron chi connectivity index (χ0n) is 8.79. The van der Waals surface area contributed by atoms with Crippen LogP contribution in [0.2, 0.25) is 5.02 Å². The van der Waals surface area contributed by atoms with Crippen LogP contribution < -0.4 is 4.74 Å². The number of ether oxygens (including phenoxy) is 1. The lowest BCUT2D eigenvalue weighted by Crippen LogP contribution is -2.15. The van der Waals surface area contributed by atoms with E-state index in [1.54, 1.807) is 6.20 Å². The van der Waals surface area contributed by atoms with Gasteiger partial charge in [0.1, 0.15) is 0 Å². The first kappa shape index (κ1) is 10.7. The normalized spacial score (nSPS) is 17.7. The Morgan fingerprint density at radius 2 is 2.07 bits per heavy atom. The van der Waals surface area contributed by atoms with E-state index in [0.717, 1.165) is 12.5 Å². The van der Waals surface area contributed by atoms with Crippen LogP contribution in [0.4, 0.5) is 0 Å². The molecule has 1 heterocycles. The fraction of sp³-hybridized carbons (Fsp3) is 0.583. The number of halogens is 1. The van der Waals surface area contributed by atoms with Crippen molar-refractivity contribution in [2.45, 2.75) is 32.1 Å². The van der Waals surface area contributed by atoms with Gasteiger partial charge in [-0.1, -0.05) is 30.9 Å². The summed E-state index contributed by atoms with van der Waals surface area (Å²) in [6.07, 6.45) is 8.30. The number of pyridine rings is 1. The number of hydrogen-bond acceptors (Lipinski definition) is 2. The van der Waals surface area contributed by atoms with Crippen molar-refractivity contribution in [1.82, 2.24) is 4.98 Å². The second-order valence-corrected chi connectivity index (χ2v) is 4.57. The van der Waals surface area contributed by atoms with E-state index in [-0.39, 0.29) is 0 Å². The molecule has 82 valence electrons. The van der Waals surface area contributed by atoms with Crippen LogP contribution in [0.5, 0.6) is 5.88 Å². The summed E-state index contributed by atoms with van der Waals surface area (Å²) in [5, 5.41) is 0.653. The first-order chi connectivity index (χ1) is 7.34. The van der Waals surface area contributed by atoms with Crippen molar-refractivity contribution in [2.75, 3.05) is 6.61 Å². The highest BCUT2D eigenvalue weighted by atomic mass is 35.5. The molecule has 2 nitrogen and oxygen atoms in total. The van der Waals surface area contributed by atoms with Gasteiger partial charge in [-0.15, -0.1) is 0 Å². The van der Waals surface area contributed by atoms with Crippen LogP contribution in [0.25, 0.3) is 0 Å². The van der Waals surface area contributed by atoms with Crippen LogP contribution in [0.15, 0.2) is 18.3 Å². The van der Waals surface area contributed by atoms with Gasteiger partial charge in [0.15, 0.2) is 0 Å². The molecule has 0 aliphatic heterocycles. The Bertz CT molecular complexity index is 293. The van der Waals surface area contributed by atoms with Crippen molar-refractivity contribution >= 4 is 11.6 Å². The quantitative estimate of drug-likeness (QED) is 0.783. The third-order valence-electron chi connectivity index (χ3n) is 2.89. The Labute approximate surface area is 95.6 Å². The molecule has 0 aromatic carbocycles. The largest absolute Gasteiger partial charge is 0.477 e. The molecule has 0 spiro atoms. The number of nitrogens with zero attached hydrogens (tertiary/aromatic N) is 1. The molecule has 0 amide bonds. The van der Waals surface area contributed by atoms with Crippen molar-refractivity contribution in [1.29, 1.82) is 0 Å². The summed E-state index contributed by atoms with van der Waals surface area (Å²) in [4.78, 5) is 4.11. The van der Waals surface area contributed by atoms with Crippen molar-refractivity contribution in [3.63, 3.8) is 0 Å². The van der Waals surface area contributed by atoms with Crippen molar-refractivity contribution in [3.8, 4) is 5.88 Å². The highest BCUT2D eigenvalue weighted by Crippen LogP contribution is 2.24. The van der Waals surface area contributed by atoms with Crippen LogP contribution in [-0.4, -0.2) is 11.6 Å². The molecular formula is C12H16ClNO. The molecule has 0 atom stereocenters. The molecule has 1 fully saturated rings. The first-order valence-corrected chi connectivity index (χ1v) is 5.97. The second kappa shape index (κ2) is 5.36. The van der Waals surface area contributed by atoms with Crippen LogP contribution in [0, 0.1) is 5.92 Å². The summed E-state index contributed by atoms with van der Waals surface area (Å²) in [5.74, 6) is 1.40. The maximum Gasteiger partial charge on any atom is 0.213 e. The van der Waals surface area contributed by atoms with Crippen molar-refractivity contribution in [2.24, 2.45) is 5.92 Å². The molecule has 3 heteroatoms. The molecule has 0 N–H and O–H groups in total. The van der Waals surface area contributed by atoms with Crippen LogP contribution >= 0.6 is 11.6 Å². The van der Waals surface area contributed by atoms with E-state index in [9.17, 15) is 0 Å². The molecule has 0 bridgehead atoms. The monoisotopic (exact) mass is 225 g/mol. The highest BCUT2D eigenvalue weighted by molar-refractivity contribution is 6.30. The van der Waals surface area contributed by atoms with Crippen LogP contribution in [0.1, 0.15) is 32.1 Å². The molecule has 1 saturated carbocycles. The highest BCUT2D eigenvalue weighted by Gasteiger charge is 2.13. The number of hydrogen-bond donors (Lipinski definition) is 0. The van der Waals surface area contributed by atoms with Gasteiger partial charge in [0, 0.05) is 12.3 Å². The van der Waals surface area contributed by atoms with Gasteiger partial charge in [-0.2, -0.15) is 0 Å². The SMILES string of the molecule is Clc1ccc(OCC2CCCCC2)nc1. The van der Waals surface area contributed by atoms with Crippen molar-refractivity contribution in [3.05, 3.63) is 23.4 Å². The third-order valence-corrected chi connectivity index (χ3v) is 3.12. The summed E-state index contributed by atoms with van der Waals surface area (Å²) in [5.41, 5.74) is 0. The van der Waals surface area contributed by atoms with E-state index in [4.69, 9.17) is 16.3 Å². The summed E-state index contributed by atoms with van der Waals surface area (Å²) in [6.45, 7) is 0.800. The third kappa shape index (κ3) is 3.38. The van der Waals surface area contributed by atoms with Gasteiger partial charge in [-0.05, 0) is 24.8 Å². The maximum absolute atomic E-state index is 5.74. The van der Waals surface area contributed by atoms with Gasteiger partial charge < -0.3 is 4.74 Å². The Hall–Kier alpha value is -0.760. The lowest BCUT2D eigenvalue weighted by atomic mass is 9.90. The average molecular weight is 226 g/mol. The van der Waals surface area contributed by atoms with Crippen LogP contribution in [0.3, 0.4) is 0 Å². The summed E-state index contributed by atoms with van der Waals surface area (Å²) < 4.78 is 5.63. The van der Waals surface area contributed by atoms with E-state index >= 15 is 0 Å². The van der Waals surface area contributed by atoms with E-state index in [2.05, 4.69) is 4.98 Å². The number of rotatable bonds is 3. The zero-order chi connectivity index (χ0) is 10.5. The van der Waals surface area contributed by atoms with Gasteiger partial charge in [0.05, 0.1) is 11.6 Å². The molecule has 0 radical (unpaired) electrons. The molecule has 1 aliphatic rings. The van der Waals surface area contributed by atoms with Gasteiger partial charge in [0.2, 0.25) is 5.88 Å². The fourth-order valence-electron chi connectivity index (χ4n) is 2.00. The molecule has 1 aromatic heterocycles. The Kier molecular flexibility index (Phi) is 3.84. The Morgan fingerprint density at radius 3 is 2.73 bits per heavy atom. The molecule has 1 aliphatic carbocycles. The minimum absolute atomic E-state index is 0.653. The first-order valence-electron chi connectivity index (χ1n) is 5.59. The Balaban J connectivity index is 1.79. The predicted molar refractivity (Wildman–Crippen MR) is 61.3 cm³/mol. The molecular weight excluding hydrogens is 210 g/mol. The average Bonchev–Trinajstić information content (AvgIpc) is 2.30. The lowest BCUT2D eigenvalue weighted by molar-refractivity contribution is 0.203. The predicted octanol–water partition coefficient (Wildman–Crippen LogP) is 3.69. The molecule has 0 saturated heterocycles. The zero-order valence-corrected chi connectivity index (χ0v) is 9.54. The minimum atomic E-state index is 0.653. The van der Waals surface area contributed by atoms with Gasteiger partial charge in [0.25, 0.3) is 0 Å². The number of aromatic nitrogens is 1.